The average Bonchev–Trinajstić information content (AvgIpc) is 2.32. The molecule has 0 radical (unpaired) electrons. The van der Waals surface area contributed by atoms with Gasteiger partial charge in [-0.15, -0.1) is 0 Å². The molecule has 1 N–H and O–H groups in total. The van der Waals surface area contributed by atoms with E-state index in [-0.39, 0.29) is 0 Å². The number of rotatable bonds is 2. The molecule has 0 aliphatic heterocycles. The lowest BCUT2D eigenvalue weighted by atomic mass is 9.79. The minimum absolute atomic E-state index is 0.695. The van der Waals surface area contributed by atoms with Crippen LogP contribution in [-0.4, -0.2) is 9.97 Å². The Labute approximate surface area is 118 Å². The molecule has 98 valence electrons. The van der Waals surface area contributed by atoms with E-state index in [0.717, 1.165) is 23.0 Å². The van der Waals surface area contributed by atoms with Gasteiger partial charge in [0.15, 0.2) is 0 Å². The molecule has 0 saturated heterocycles. The second kappa shape index (κ2) is 4.89. The molecule has 0 bridgehead atoms. The second-order valence-electron chi connectivity index (χ2n) is 5.38. The summed E-state index contributed by atoms with van der Waals surface area (Å²) in [5.41, 5.74) is 4.85. The van der Waals surface area contributed by atoms with E-state index in [1.165, 1.54) is 30.4 Å². The van der Waals surface area contributed by atoms with E-state index in [1.807, 2.05) is 13.8 Å². The summed E-state index contributed by atoms with van der Waals surface area (Å²) in [6.45, 7) is 3.99. The summed E-state index contributed by atoms with van der Waals surface area (Å²) in [5, 5.41) is 0. The highest BCUT2D eigenvalue weighted by atomic mass is 32.1. The quantitative estimate of drug-likeness (QED) is 0.802. The van der Waals surface area contributed by atoms with Crippen molar-refractivity contribution in [2.75, 3.05) is 0 Å². The van der Waals surface area contributed by atoms with Crippen molar-refractivity contribution in [1.29, 1.82) is 0 Å². The molecule has 1 aromatic heterocycles. The lowest BCUT2D eigenvalue weighted by molar-refractivity contribution is 0.420. The van der Waals surface area contributed by atoms with Crippen LogP contribution < -0.4 is 0 Å². The first-order chi connectivity index (χ1) is 9.15. The first kappa shape index (κ1) is 12.5. The fraction of sp³-hybridized carbons (Fsp3) is 0.375. The van der Waals surface area contributed by atoms with Gasteiger partial charge in [0, 0.05) is 5.56 Å². The van der Waals surface area contributed by atoms with E-state index in [0.29, 0.717) is 4.64 Å². The zero-order chi connectivity index (χ0) is 13.4. The van der Waals surface area contributed by atoms with Crippen LogP contribution >= 0.6 is 12.2 Å². The molecule has 0 amide bonds. The Kier molecular flexibility index (Phi) is 3.23. The van der Waals surface area contributed by atoms with Crippen molar-refractivity contribution in [1.82, 2.24) is 9.97 Å². The number of aromatic nitrogens is 2. The maximum Gasteiger partial charge on any atom is 0.133 e. The molecular formula is C16H18N2S. The highest BCUT2D eigenvalue weighted by Crippen LogP contribution is 2.37. The van der Waals surface area contributed by atoms with Gasteiger partial charge in [-0.1, -0.05) is 36.8 Å². The number of hydrogen-bond acceptors (Lipinski definition) is 2. The lowest BCUT2D eigenvalue weighted by Crippen LogP contribution is -2.08. The first-order valence-electron chi connectivity index (χ1n) is 6.83. The van der Waals surface area contributed by atoms with Crippen molar-refractivity contribution < 1.29 is 0 Å². The van der Waals surface area contributed by atoms with Crippen molar-refractivity contribution in [2.45, 2.75) is 39.0 Å². The Hall–Kier alpha value is -1.48. The van der Waals surface area contributed by atoms with Crippen LogP contribution in [0.2, 0.25) is 0 Å². The molecule has 0 atom stereocenters. The van der Waals surface area contributed by atoms with Gasteiger partial charge in [-0.3, -0.25) is 0 Å². The summed E-state index contributed by atoms with van der Waals surface area (Å²) < 4.78 is 0.695. The van der Waals surface area contributed by atoms with E-state index < -0.39 is 0 Å². The topological polar surface area (TPSA) is 28.7 Å². The molecule has 1 fully saturated rings. The number of hydrogen-bond donors (Lipinski definition) is 1. The van der Waals surface area contributed by atoms with Crippen LogP contribution in [0.3, 0.4) is 0 Å². The molecule has 1 aliphatic rings. The van der Waals surface area contributed by atoms with Gasteiger partial charge in [-0.05, 0) is 49.8 Å². The number of nitrogens with one attached hydrogen (secondary N) is 1. The summed E-state index contributed by atoms with van der Waals surface area (Å²) in [6, 6.07) is 8.84. The van der Waals surface area contributed by atoms with Crippen molar-refractivity contribution in [3.05, 3.63) is 45.9 Å². The summed E-state index contributed by atoms with van der Waals surface area (Å²) >= 11 is 5.32. The number of aryl methyl sites for hydroxylation is 1. The number of aromatic amines is 1. The Morgan fingerprint density at radius 1 is 1.26 bits per heavy atom. The molecule has 3 rings (SSSR count). The van der Waals surface area contributed by atoms with E-state index >= 15 is 0 Å². The van der Waals surface area contributed by atoms with Crippen molar-refractivity contribution in [3.63, 3.8) is 0 Å². The molecule has 2 aromatic rings. The van der Waals surface area contributed by atoms with Gasteiger partial charge >= 0.3 is 0 Å². The molecule has 2 nitrogen and oxygen atoms in total. The Balaban J connectivity index is 2.09. The summed E-state index contributed by atoms with van der Waals surface area (Å²) in [6.07, 6.45) is 4.02. The van der Waals surface area contributed by atoms with E-state index in [4.69, 9.17) is 12.2 Å². The predicted octanol–water partition coefficient (Wildman–Crippen LogP) is 4.69. The molecule has 19 heavy (non-hydrogen) atoms. The lowest BCUT2D eigenvalue weighted by Gasteiger charge is -2.26. The molecule has 1 heterocycles. The van der Waals surface area contributed by atoms with Gasteiger partial charge in [0.1, 0.15) is 10.5 Å². The monoisotopic (exact) mass is 270 g/mol. The van der Waals surface area contributed by atoms with E-state index in [2.05, 4.69) is 34.2 Å². The highest BCUT2D eigenvalue weighted by molar-refractivity contribution is 7.71. The van der Waals surface area contributed by atoms with Crippen LogP contribution in [0, 0.1) is 18.5 Å². The number of H-pyrrole nitrogens is 1. The van der Waals surface area contributed by atoms with Gasteiger partial charge in [-0.25, -0.2) is 4.98 Å². The molecule has 3 heteroatoms. The smallest absolute Gasteiger partial charge is 0.133 e. The fourth-order valence-corrected chi connectivity index (χ4v) is 2.86. The average molecular weight is 270 g/mol. The minimum atomic E-state index is 0.695. The first-order valence-corrected chi connectivity index (χ1v) is 7.24. The molecule has 0 spiro atoms. The highest BCUT2D eigenvalue weighted by Gasteiger charge is 2.19. The molecule has 1 saturated carbocycles. The number of nitrogens with zero attached hydrogens (tertiary/aromatic N) is 1. The third-order valence-corrected chi connectivity index (χ3v) is 4.42. The summed E-state index contributed by atoms with van der Waals surface area (Å²) in [5.74, 6) is 1.63. The van der Waals surface area contributed by atoms with Crippen LogP contribution in [0.4, 0.5) is 0 Å². The molecular weight excluding hydrogens is 252 g/mol. The van der Waals surface area contributed by atoms with Crippen molar-refractivity contribution >= 4 is 12.2 Å². The van der Waals surface area contributed by atoms with Gasteiger partial charge in [0.25, 0.3) is 0 Å². The van der Waals surface area contributed by atoms with Crippen LogP contribution in [0.15, 0.2) is 24.3 Å². The van der Waals surface area contributed by atoms with Crippen molar-refractivity contribution in [2.24, 2.45) is 0 Å². The zero-order valence-corrected chi connectivity index (χ0v) is 12.2. The Morgan fingerprint density at radius 2 is 2.05 bits per heavy atom. The predicted molar refractivity (Wildman–Crippen MR) is 80.9 cm³/mol. The third-order valence-electron chi connectivity index (χ3n) is 4.02. The summed E-state index contributed by atoms with van der Waals surface area (Å²) in [7, 11) is 0. The van der Waals surface area contributed by atoms with Gasteiger partial charge in [0.2, 0.25) is 0 Å². The van der Waals surface area contributed by atoms with Crippen LogP contribution in [0.25, 0.3) is 11.3 Å². The van der Waals surface area contributed by atoms with Gasteiger partial charge in [0.05, 0.1) is 5.69 Å². The Morgan fingerprint density at radius 3 is 2.74 bits per heavy atom. The van der Waals surface area contributed by atoms with Gasteiger partial charge in [-0.2, -0.15) is 0 Å². The van der Waals surface area contributed by atoms with E-state index in [1.54, 1.807) is 0 Å². The maximum atomic E-state index is 5.32. The largest absolute Gasteiger partial charge is 0.343 e. The Bertz CT molecular complexity index is 669. The van der Waals surface area contributed by atoms with Crippen LogP contribution in [-0.2, 0) is 0 Å². The molecule has 1 aliphatic carbocycles. The zero-order valence-electron chi connectivity index (χ0n) is 11.4. The second-order valence-corrected chi connectivity index (χ2v) is 5.77. The minimum Gasteiger partial charge on any atom is -0.343 e. The van der Waals surface area contributed by atoms with Crippen LogP contribution in [0.1, 0.15) is 42.1 Å². The van der Waals surface area contributed by atoms with E-state index in [9.17, 15) is 0 Å². The third kappa shape index (κ3) is 2.35. The van der Waals surface area contributed by atoms with Crippen LogP contribution in [0.5, 0.6) is 0 Å². The number of benzene rings is 1. The molecule has 0 unspecified atom stereocenters. The maximum absolute atomic E-state index is 5.32. The molecule has 1 aromatic carbocycles. The standard InChI is InChI=1S/C16H18N2S/c1-10-15(17-11(2)18-16(10)19)14-8-4-7-13(9-14)12-5-3-6-12/h4,7-9,12H,3,5-6H2,1-2H3,(H,17,18,19). The summed E-state index contributed by atoms with van der Waals surface area (Å²) in [4.78, 5) is 7.66. The normalized spacial score (nSPS) is 15.3. The SMILES string of the molecule is Cc1nc(=S)c(C)c(-c2cccc(C3CCC3)c2)[nH]1. The van der Waals surface area contributed by atoms with Crippen molar-refractivity contribution in [3.8, 4) is 11.3 Å². The fourth-order valence-electron chi connectivity index (χ4n) is 2.62. The van der Waals surface area contributed by atoms with Gasteiger partial charge < -0.3 is 4.98 Å².